The Morgan fingerprint density at radius 1 is 0.600 bits per heavy atom. The van der Waals surface area contributed by atoms with Crippen LogP contribution in [0.15, 0.2) is 79.3 Å². The SMILES string of the molecule is CCCCCCCCCCCCOC(=O)c1cc(NC(=O)C(C(=O)C(C)(C)C)n2nc(C(C)C)sc2=NS(=O)(=O)c2ccc(C)cc2)c(Cl)c(NC(=O)C(C(=O)C(C)(C)C)n2nc(C(C)C)sc2=NS(=O)(=O)c2ccc(C)cc2)c1. The highest BCUT2D eigenvalue weighted by Gasteiger charge is 2.41. The molecule has 0 aliphatic rings. The molecule has 0 aliphatic carbocycles. The number of nitrogens with one attached hydrogen (secondary N) is 2. The number of benzene rings is 3. The van der Waals surface area contributed by atoms with E-state index < -0.39 is 72.3 Å². The van der Waals surface area contributed by atoms with Crippen molar-refractivity contribution in [2.75, 3.05) is 17.2 Å². The van der Waals surface area contributed by atoms with Crippen LogP contribution in [0.5, 0.6) is 0 Å². The van der Waals surface area contributed by atoms with E-state index in [4.69, 9.17) is 16.3 Å². The number of hydrogen-bond acceptors (Lipinski definition) is 14. The molecule has 2 atom stereocenters. The van der Waals surface area contributed by atoms with E-state index >= 15 is 9.59 Å². The van der Waals surface area contributed by atoms with Gasteiger partial charge in [-0.25, -0.2) is 14.2 Å². The normalized spacial score (nSPS) is 13.7. The lowest BCUT2D eigenvalue weighted by Gasteiger charge is -2.25. The van der Waals surface area contributed by atoms with Crippen molar-refractivity contribution in [3.63, 3.8) is 0 Å². The summed E-state index contributed by atoms with van der Waals surface area (Å²) < 4.78 is 71.3. The van der Waals surface area contributed by atoms with E-state index in [1.54, 1.807) is 107 Å². The van der Waals surface area contributed by atoms with E-state index in [9.17, 15) is 31.2 Å². The first-order valence-corrected chi connectivity index (χ1v) is 31.9. The van der Waals surface area contributed by atoms with Gasteiger partial charge in [0.15, 0.2) is 23.7 Å². The van der Waals surface area contributed by atoms with Crippen LogP contribution in [0.3, 0.4) is 0 Å². The van der Waals surface area contributed by atoms with Gasteiger partial charge in [0.2, 0.25) is 9.60 Å². The molecule has 2 N–H and O–H groups in total. The molecular weight excluding hydrogens is 1120 g/mol. The molecule has 2 amide bonds. The minimum absolute atomic E-state index is 0.0402. The second-order valence-corrected chi connectivity index (χ2v) is 28.2. The summed E-state index contributed by atoms with van der Waals surface area (Å²) in [6.45, 7) is 22.5. The second kappa shape index (κ2) is 27.9. The molecule has 5 aromatic rings. The number of carbonyl (C=O) groups excluding carboxylic acids is 5. The summed E-state index contributed by atoms with van der Waals surface area (Å²) >= 11 is 8.90. The van der Waals surface area contributed by atoms with Crippen LogP contribution in [-0.2, 0) is 44.0 Å². The summed E-state index contributed by atoms with van der Waals surface area (Å²) in [4.78, 5) is 72.5. The summed E-state index contributed by atoms with van der Waals surface area (Å²) in [6.07, 6.45) is 10.5. The zero-order chi connectivity index (χ0) is 59.5. The molecule has 2 heterocycles. The molecule has 23 heteroatoms. The smallest absolute Gasteiger partial charge is 0.338 e. The highest BCUT2D eigenvalue weighted by molar-refractivity contribution is 7.90. The third-order valence-electron chi connectivity index (χ3n) is 12.7. The van der Waals surface area contributed by atoms with Crippen molar-refractivity contribution in [1.29, 1.82) is 0 Å². The number of unbranched alkanes of at least 4 members (excludes halogenated alkanes) is 9. The van der Waals surface area contributed by atoms with E-state index in [1.165, 1.54) is 68.5 Å². The molecule has 2 unspecified atom stereocenters. The summed E-state index contributed by atoms with van der Waals surface area (Å²) in [6, 6.07) is 10.7. The number of nitrogens with zero attached hydrogens (tertiary/aromatic N) is 6. The molecule has 80 heavy (non-hydrogen) atoms. The maximum absolute atomic E-state index is 15.0. The van der Waals surface area contributed by atoms with Crippen LogP contribution in [0.1, 0.15) is 196 Å². The van der Waals surface area contributed by atoms with Crippen LogP contribution >= 0.6 is 34.3 Å². The van der Waals surface area contributed by atoms with Crippen molar-refractivity contribution < 1.29 is 45.5 Å². The van der Waals surface area contributed by atoms with Crippen LogP contribution < -0.4 is 20.2 Å². The Morgan fingerprint density at radius 3 is 1.29 bits per heavy atom. The first-order valence-electron chi connectivity index (χ1n) is 27.0. The second-order valence-electron chi connectivity index (χ2n) is 22.6. The predicted molar refractivity (Wildman–Crippen MR) is 314 cm³/mol. The van der Waals surface area contributed by atoms with Crippen molar-refractivity contribution in [2.45, 2.75) is 188 Å². The minimum atomic E-state index is -4.42. The Balaban J connectivity index is 1.64. The molecule has 2 aromatic heterocycles. The fourth-order valence-corrected chi connectivity index (χ4v) is 12.4. The fraction of sp³-hybridized carbons (Fsp3) is 0.526. The fourth-order valence-electron chi connectivity index (χ4n) is 7.94. The molecule has 3 aromatic carbocycles. The summed E-state index contributed by atoms with van der Waals surface area (Å²) in [5, 5.41) is 14.9. The van der Waals surface area contributed by atoms with Gasteiger partial charge in [-0.3, -0.25) is 19.2 Å². The van der Waals surface area contributed by atoms with Crippen LogP contribution in [0, 0.1) is 24.7 Å². The molecule has 0 spiro atoms. The molecule has 0 saturated heterocycles. The quantitative estimate of drug-likeness (QED) is 0.0298. The average Bonchev–Trinajstić information content (AvgIpc) is 4.16. The molecule has 0 saturated carbocycles. The largest absolute Gasteiger partial charge is 0.462 e. The van der Waals surface area contributed by atoms with Gasteiger partial charge in [0, 0.05) is 22.7 Å². The lowest BCUT2D eigenvalue weighted by molar-refractivity contribution is -0.137. The van der Waals surface area contributed by atoms with Crippen LogP contribution in [-0.4, -0.2) is 72.4 Å². The van der Waals surface area contributed by atoms with E-state index in [2.05, 4.69) is 36.6 Å². The Labute approximate surface area is 484 Å². The number of ether oxygens (including phenoxy) is 1. The number of aryl methyl sites for hydroxylation is 2. The molecule has 5 rings (SSSR count). The number of amides is 2. The number of carbonyl (C=O) groups is 5. The van der Waals surface area contributed by atoms with Crippen molar-refractivity contribution in [1.82, 2.24) is 19.6 Å². The first-order chi connectivity index (χ1) is 37.4. The summed E-state index contributed by atoms with van der Waals surface area (Å²) in [5.41, 5.74) is -1.65. The number of halogens is 1. The lowest BCUT2D eigenvalue weighted by Crippen LogP contribution is -2.43. The van der Waals surface area contributed by atoms with Gasteiger partial charge in [0.1, 0.15) is 10.0 Å². The standard InChI is InChI=1S/C57H77ClN8O10S4/c1-14-15-16-17-18-19-20-21-22-23-32-76-53(71)39-33-42(59-49(69)45(47(67)56(8,9)10)65-54(77-51(61-65)35(2)3)63-79(72,73)40-28-24-37(6)25-29-40)44(58)43(34-39)60-50(70)46(48(68)57(11,12)13)66-55(78-52(62-66)36(4)5)64-80(74,75)41-30-26-38(7)27-31-41/h24-31,33-36,45-46H,14-23,32H2,1-13H3,(H,59,69)(H,60,70). The maximum atomic E-state index is 15.0. The lowest BCUT2D eigenvalue weighted by atomic mass is 9.86. The van der Waals surface area contributed by atoms with Crippen molar-refractivity contribution in [2.24, 2.45) is 19.6 Å². The Kier molecular flexibility index (Phi) is 22.7. The van der Waals surface area contributed by atoms with E-state index in [-0.39, 0.29) is 59.8 Å². The van der Waals surface area contributed by atoms with E-state index in [1.807, 2.05) is 0 Å². The first kappa shape index (κ1) is 65.1. The third-order valence-corrected chi connectivity index (χ3v) is 18.4. The molecular formula is C57H77ClN8O10S4. The van der Waals surface area contributed by atoms with Gasteiger partial charge in [0.25, 0.3) is 31.9 Å². The van der Waals surface area contributed by atoms with Crippen LogP contribution in [0.2, 0.25) is 5.02 Å². The van der Waals surface area contributed by atoms with E-state index in [0.717, 1.165) is 68.8 Å². The highest BCUT2D eigenvalue weighted by atomic mass is 35.5. The summed E-state index contributed by atoms with van der Waals surface area (Å²) in [5.74, 6) is -4.97. The van der Waals surface area contributed by atoms with Gasteiger partial charge < -0.3 is 15.4 Å². The molecule has 0 aliphatic heterocycles. The monoisotopic (exact) mass is 1200 g/mol. The van der Waals surface area contributed by atoms with E-state index in [0.29, 0.717) is 16.4 Å². The number of hydrogen-bond donors (Lipinski definition) is 2. The Morgan fingerprint density at radius 2 is 0.950 bits per heavy atom. The van der Waals surface area contributed by atoms with Crippen molar-refractivity contribution in [3.8, 4) is 0 Å². The van der Waals surface area contributed by atoms with Crippen LogP contribution in [0.4, 0.5) is 11.4 Å². The van der Waals surface area contributed by atoms with Crippen molar-refractivity contribution in [3.05, 3.63) is 102 Å². The van der Waals surface area contributed by atoms with Gasteiger partial charge in [-0.1, -0.05) is 204 Å². The Hall–Kier alpha value is -5.68. The Bertz CT molecular complexity index is 3200. The molecule has 0 radical (unpaired) electrons. The average molecular weight is 1200 g/mol. The van der Waals surface area contributed by atoms with Crippen molar-refractivity contribution >= 4 is 95.0 Å². The number of esters is 1. The molecule has 18 nitrogen and oxygen atoms in total. The van der Waals surface area contributed by atoms with Gasteiger partial charge in [-0.15, -0.1) is 8.80 Å². The van der Waals surface area contributed by atoms with Gasteiger partial charge >= 0.3 is 5.97 Å². The zero-order valence-electron chi connectivity index (χ0n) is 48.1. The number of sulfonamides is 2. The zero-order valence-corrected chi connectivity index (χ0v) is 52.2. The number of aromatic nitrogens is 4. The minimum Gasteiger partial charge on any atom is -0.462 e. The predicted octanol–water partition coefficient (Wildman–Crippen LogP) is 12.0. The van der Waals surface area contributed by atoms with Gasteiger partial charge in [0.05, 0.1) is 38.4 Å². The number of ketones is 2. The topological polar surface area (TPSA) is 247 Å². The maximum Gasteiger partial charge on any atom is 0.338 e. The van der Waals surface area contributed by atoms with Crippen LogP contribution in [0.25, 0.3) is 0 Å². The number of anilines is 2. The molecule has 0 fully saturated rings. The number of Topliss-reactive ketones (excluding diaryl/α,β-unsaturated/α-hetero) is 2. The van der Waals surface area contributed by atoms with Gasteiger partial charge in [-0.2, -0.15) is 27.0 Å². The number of rotatable bonds is 26. The van der Waals surface area contributed by atoms with Gasteiger partial charge in [-0.05, 0) is 56.7 Å². The third kappa shape index (κ3) is 17.4. The summed E-state index contributed by atoms with van der Waals surface area (Å²) in [7, 11) is -8.84. The molecule has 0 bridgehead atoms. The molecule has 436 valence electrons. The highest BCUT2D eigenvalue weighted by Crippen LogP contribution is 2.36.